The number of hydrogen-bond acceptors (Lipinski definition) is 2. The maximum atomic E-state index is 10.9. The zero-order chi connectivity index (χ0) is 11.5. The number of aryl methyl sites for hydroxylation is 1. The van der Waals surface area contributed by atoms with Crippen LogP contribution in [0.4, 0.5) is 5.69 Å². The molecule has 0 aliphatic carbocycles. The van der Waals surface area contributed by atoms with E-state index in [2.05, 4.69) is 23.5 Å². The predicted octanol–water partition coefficient (Wildman–Crippen LogP) is 2.76. The van der Waals surface area contributed by atoms with Crippen LogP contribution in [0.2, 0.25) is 0 Å². The lowest BCUT2D eigenvalue weighted by Crippen LogP contribution is -2.06. The summed E-state index contributed by atoms with van der Waals surface area (Å²) in [5.41, 5.74) is 3.46. The van der Waals surface area contributed by atoms with Gasteiger partial charge in [-0.25, -0.2) is 0 Å². The Labute approximate surface area is 95.5 Å². The van der Waals surface area contributed by atoms with Gasteiger partial charge in [0.05, 0.1) is 6.42 Å². The van der Waals surface area contributed by atoms with Gasteiger partial charge in [-0.15, -0.1) is 0 Å². The van der Waals surface area contributed by atoms with Crippen LogP contribution in [0.25, 0.3) is 0 Å². The Morgan fingerprint density at radius 3 is 3.12 bits per heavy atom. The molecule has 0 saturated carbocycles. The topological polar surface area (TPSA) is 49.3 Å². The highest BCUT2D eigenvalue weighted by atomic mass is 16.4. The van der Waals surface area contributed by atoms with Gasteiger partial charge in [0.15, 0.2) is 0 Å². The maximum absolute atomic E-state index is 10.9. The zero-order valence-corrected chi connectivity index (χ0v) is 9.49. The second-order valence-corrected chi connectivity index (χ2v) is 4.45. The van der Waals surface area contributed by atoms with Crippen LogP contribution in [-0.4, -0.2) is 17.6 Å². The third kappa shape index (κ3) is 2.35. The molecule has 16 heavy (non-hydrogen) atoms. The monoisotopic (exact) mass is 219 g/mol. The minimum atomic E-state index is -0.709. The van der Waals surface area contributed by atoms with Crippen LogP contribution in [0.3, 0.4) is 0 Å². The molecule has 1 atom stereocenters. The fourth-order valence-electron chi connectivity index (χ4n) is 2.33. The lowest BCUT2D eigenvalue weighted by Gasteiger charge is -2.15. The number of benzene rings is 1. The fourth-order valence-corrected chi connectivity index (χ4v) is 2.33. The van der Waals surface area contributed by atoms with E-state index in [0.29, 0.717) is 0 Å². The van der Waals surface area contributed by atoms with Crippen molar-refractivity contribution in [2.45, 2.75) is 32.1 Å². The third-order valence-electron chi connectivity index (χ3n) is 3.11. The maximum Gasteiger partial charge on any atom is 0.303 e. The zero-order valence-electron chi connectivity index (χ0n) is 9.49. The molecule has 0 aromatic heterocycles. The van der Waals surface area contributed by atoms with Gasteiger partial charge in [-0.05, 0) is 37.3 Å². The normalized spacial score (nSPS) is 19.4. The summed E-state index contributed by atoms with van der Waals surface area (Å²) in [7, 11) is 0. The van der Waals surface area contributed by atoms with Crippen molar-refractivity contribution in [1.82, 2.24) is 0 Å². The lowest BCUT2D eigenvalue weighted by molar-refractivity contribution is -0.137. The summed E-state index contributed by atoms with van der Waals surface area (Å²) in [5, 5.41) is 12.3. The number of carboxylic acids is 1. The second kappa shape index (κ2) is 4.56. The van der Waals surface area contributed by atoms with E-state index in [1.54, 1.807) is 0 Å². The lowest BCUT2D eigenvalue weighted by atomic mass is 9.90. The van der Waals surface area contributed by atoms with E-state index in [1.807, 2.05) is 6.92 Å². The van der Waals surface area contributed by atoms with Crippen molar-refractivity contribution in [2.75, 3.05) is 11.9 Å². The Morgan fingerprint density at radius 1 is 1.56 bits per heavy atom. The molecular weight excluding hydrogens is 202 g/mol. The van der Waals surface area contributed by atoms with Gasteiger partial charge in [0, 0.05) is 12.2 Å². The predicted molar refractivity (Wildman–Crippen MR) is 63.9 cm³/mol. The highest BCUT2D eigenvalue weighted by Gasteiger charge is 2.20. The molecule has 86 valence electrons. The Balaban J connectivity index is 2.34. The minimum Gasteiger partial charge on any atom is -0.481 e. The SMILES string of the molecule is Cc1ccc2c(c1)C(CC(=O)O)CCCN2. The summed E-state index contributed by atoms with van der Waals surface area (Å²) in [6.07, 6.45) is 2.22. The van der Waals surface area contributed by atoms with Gasteiger partial charge in [-0.3, -0.25) is 4.79 Å². The molecule has 0 fully saturated rings. The van der Waals surface area contributed by atoms with Crippen molar-refractivity contribution in [1.29, 1.82) is 0 Å². The van der Waals surface area contributed by atoms with Crippen LogP contribution in [-0.2, 0) is 4.79 Å². The van der Waals surface area contributed by atoms with Crippen molar-refractivity contribution in [3.8, 4) is 0 Å². The van der Waals surface area contributed by atoms with Crippen molar-refractivity contribution >= 4 is 11.7 Å². The van der Waals surface area contributed by atoms with Crippen LogP contribution in [0.5, 0.6) is 0 Å². The van der Waals surface area contributed by atoms with Crippen molar-refractivity contribution in [3.63, 3.8) is 0 Å². The standard InChI is InChI=1S/C13H17NO2/c1-9-4-5-12-11(7-9)10(8-13(15)16)3-2-6-14-12/h4-5,7,10,14H,2-3,6,8H2,1H3,(H,15,16). The molecule has 0 amide bonds. The van der Waals surface area contributed by atoms with E-state index in [-0.39, 0.29) is 12.3 Å². The molecule has 0 radical (unpaired) electrons. The summed E-state index contributed by atoms with van der Waals surface area (Å²) >= 11 is 0. The molecule has 1 heterocycles. The molecule has 0 saturated heterocycles. The quantitative estimate of drug-likeness (QED) is 0.804. The first-order valence-corrected chi connectivity index (χ1v) is 5.73. The first-order valence-electron chi connectivity index (χ1n) is 5.73. The molecule has 1 unspecified atom stereocenters. The number of carboxylic acid groups (broad SMARTS) is 1. The molecule has 1 aliphatic rings. The first-order chi connectivity index (χ1) is 7.66. The largest absolute Gasteiger partial charge is 0.481 e. The summed E-state index contributed by atoms with van der Waals surface area (Å²) in [6, 6.07) is 6.24. The van der Waals surface area contributed by atoms with Crippen LogP contribution in [0, 0.1) is 6.92 Å². The Hall–Kier alpha value is -1.51. The molecule has 0 spiro atoms. The molecule has 1 aromatic carbocycles. The second-order valence-electron chi connectivity index (χ2n) is 4.45. The van der Waals surface area contributed by atoms with Gasteiger partial charge >= 0.3 is 5.97 Å². The van der Waals surface area contributed by atoms with Crippen molar-refractivity contribution < 1.29 is 9.90 Å². The number of hydrogen-bond donors (Lipinski definition) is 2. The van der Waals surface area contributed by atoms with Gasteiger partial charge in [0.2, 0.25) is 0 Å². The van der Waals surface area contributed by atoms with E-state index < -0.39 is 5.97 Å². The van der Waals surface area contributed by atoms with Gasteiger partial charge in [-0.1, -0.05) is 17.7 Å². The van der Waals surface area contributed by atoms with E-state index in [1.165, 1.54) is 11.1 Å². The number of aliphatic carboxylic acids is 1. The molecule has 1 aliphatic heterocycles. The van der Waals surface area contributed by atoms with Crippen LogP contribution < -0.4 is 5.32 Å². The fraction of sp³-hybridized carbons (Fsp3) is 0.462. The van der Waals surface area contributed by atoms with Crippen LogP contribution in [0.15, 0.2) is 18.2 Å². The number of fused-ring (bicyclic) bond motifs is 1. The summed E-state index contributed by atoms with van der Waals surface area (Å²) in [5.74, 6) is -0.554. The molecule has 1 aromatic rings. The van der Waals surface area contributed by atoms with Crippen molar-refractivity contribution in [3.05, 3.63) is 29.3 Å². The van der Waals surface area contributed by atoms with Gasteiger partial charge in [-0.2, -0.15) is 0 Å². The Bertz CT molecular complexity index is 401. The number of rotatable bonds is 2. The van der Waals surface area contributed by atoms with Crippen LogP contribution >= 0.6 is 0 Å². The molecule has 0 bridgehead atoms. The molecule has 2 N–H and O–H groups in total. The summed E-state index contributed by atoms with van der Waals surface area (Å²) in [6.45, 7) is 2.98. The number of nitrogens with one attached hydrogen (secondary N) is 1. The number of anilines is 1. The average molecular weight is 219 g/mol. The minimum absolute atomic E-state index is 0.155. The third-order valence-corrected chi connectivity index (χ3v) is 3.11. The molecule has 3 heteroatoms. The van der Waals surface area contributed by atoms with Crippen molar-refractivity contribution in [2.24, 2.45) is 0 Å². The van der Waals surface area contributed by atoms with E-state index >= 15 is 0 Å². The highest BCUT2D eigenvalue weighted by molar-refractivity contribution is 5.69. The van der Waals surface area contributed by atoms with Crippen LogP contribution in [0.1, 0.15) is 36.3 Å². The van der Waals surface area contributed by atoms with E-state index in [9.17, 15) is 4.79 Å². The first kappa shape index (κ1) is 11.0. The van der Waals surface area contributed by atoms with Gasteiger partial charge < -0.3 is 10.4 Å². The van der Waals surface area contributed by atoms with Gasteiger partial charge in [0.25, 0.3) is 0 Å². The average Bonchev–Trinajstić information content (AvgIpc) is 2.41. The Kier molecular flexibility index (Phi) is 3.13. The van der Waals surface area contributed by atoms with E-state index in [0.717, 1.165) is 25.1 Å². The molecule has 3 nitrogen and oxygen atoms in total. The molecular formula is C13H17NO2. The Morgan fingerprint density at radius 2 is 2.38 bits per heavy atom. The number of carbonyl (C=O) groups is 1. The summed E-state index contributed by atoms with van der Waals surface area (Å²) in [4.78, 5) is 10.9. The smallest absolute Gasteiger partial charge is 0.303 e. The van der Waals surface area contributed by atoms with E-state index in [4.69, 9.17) is 5.11 Å². The van der Waals surface area contributed by atoms with Gasteiger partial charge in [0.1, 0.15) is 0 Å². The highest BCUT2D eigenvalue weighted by Crippen LogP contribution is 2.34. The summed E-state index contributed by atoms with van der Waals surface area (Å²) < 4.78 is 0. The molecule has 2 rings (SSSR count).